The highest BCUT2D eigenvalue weighted by Gasteiger charge is 2.19. The van der Waals surface area contributed by atoms with Gasteiger partial charge in [-0.1, -0.05) is 11.6 Å². The van der Waals surface area contributed by atoms with E-state index in [0.29, 0.717) is 5.15 Å². The summed E-state index contributed by atoms with van der Waals surface area (Å²) in [5, 5.41) is 0.460. The number of aromatic nitrogens is 2. The molecule has 76 valence electrons. The van der Waals surface area contributed by atoms with Gasteiger partial charge in [0.2, 0.25) is 0 Å². The van der Waals surface area contributed by atoms with Crippen LogP contribution < -0.4 is 10.6 Å². The standard InChI is InChI=1S/C9H13ClN4/c10-8-9(13-4-3-12-8)14-5-1-2-7(11)6-14/h3-4,7H,1-2,5-6,11H2. The van der Waals surface area contributed by atoms with Crippen LogP contribution in [-0.2, 0) is 0 Å². The van der Waals surface area contributed by atoms with Gasteiger partial charge in [0.05, 0.1) is 0 Å². The van der Waals surface area contributed by atoms with Crippen LogP contribution in [-0.4, -0.2) is 29.1 Å². The molecule has 0 aliphatic carbocycles. The zero-order valence-corrected chi connectivity index (χ0v) is 8.61. The Morgan fingerprint density at radius 3 is 2.93 bits per heavy atom. The van der Waals surface area contributed by atoms with Gasteiger partial charge in [-0.15, -0.1) is 0 Å². The molecule has 5 heteroatoms. The largest absolute Gasteiger partial charge is 0.353 e. The molecule has 0 amide bonds. The molecule has 1 aromatic rings. The summed E-state index contributed by atoms with van der Waals surface area (Å²) in [5.74, 6) is 0.754. The summed E-state index contributed by atoms with van der Waals surface area (Å²) in [6, 6.07) is 0.224. The van der Waals surface area contributed by atoms with E-state index in [-0.39, 0.29) is 6.04 Å². The van der Waals surface area contributed by atoms with Crippen LogP contribution in [0.4, 0.5) is 5.82 Å². The topological polar surface area (TPSA) is 55.0 Å². The predicted molar refractivity (Wildman–Crippen MR) is 56.5 cm³/mol. The first-order valence-electron chi connectivity index (χ1n) is 4.74. The molecule has 1 saturated heterocycles. The van der Waals surface area contributed by atoms with Crippen LogP contribution in [0.3, 0.4) is 0 Å². The Hall–Kier alpha value is -0.870. The second-order valence-corrected chi connectivity index (χ2v) is 3.88. The zero-order valence-electron chi connectivity index (χ0n) is 7.86. The highest BCUT2D eigenvalue weighted by atomic mass is 35.5. The van der Waals surface area contributed by atoms with Crippen molar-refractivity contribution >= 4 is 17.4 Å². The molecule has 0 aromatic carbocycles. The fourth-order valence-corrected chi connectivity index (χ4v) is 1.95. The highest BCUT2D eigenvalue weighted by Crippen LogP contribution is 2.22. The fraction of sp³-hybridized carbons (Fsp3) is 0.556. The first-order valence-corrected chi connectivity index (χ1v) is 5.12. The number of hydrogen-bond acceptors (Lipinski definition) is 4. The van der Waals surface area contributed by atoms with E-state index in [0.717, 1.165) is 31.7 Å². The van der Waals surface area contributed by atoms with Crippen molar-refractivity contribution in [1.29, 1.82) is 0 Å². The van der Waals surface area contributed by atoms with E-state index in [4.69, 9.17) is 17.3 Å². The Balaban J connectivity index is 2.18. The van der Waals surface area contributed by atoms with Crippen molar-refractivity contribution in [2.75, 3.05) is 18.0 Å². The molecule has 4 nitrogen and oxygen atoms in total. The summed E-state index contributed by atoms with van der Waals surface area (Å²) in [5.41, 5.74) is 5.88. The number of halogens is 1. The molecule has 1 atom stereocenters. The number of rotatable bonds is 1. The average molecular weight is 213 g/mol. The van der Waals surface area contributed by atoms with Crippen molar-refractivity contribution in [3.05, 3.63) is 17.5 Å². The lowest BCUT2D eigenvalue weighted by atomic mass is 10.1. The van der Waals surface area contributed by atoms with Gasteiger partial charge < -0.3 is 10.6 Å². The molecule has 0 bridgehead atoms. The quantitative estimate of drug-likeness (QED) is 0.757. The minimum Gasteiger partial charge on any atom is -0.353 e. The molecule has 2 N–H and O–H groups in total. The van der Waals surface area contributed by atoms with Crippen LogP contribution in [0.25, 0.3) is 0 Å². The zero-order chi connectivity index (χ0) is 9.97. The van der Waals surface area contributed by atoms with Crippen LogP contribution in [0.2, 0.25) is 5.15 Å². The van der Waals surface area contributed by atoms with Gasteiger partial charge in [0.25, 0.3) is 0 Å². The Labute approximate surface area is 88.1 Å². The van der Waals surface area contributed by atoms with Crippen molar-refractivity contribution in [3.63, 3.8) is 0 Å². The first-order chi connectivity index (χ1) is 6.77. The second kappa shape index (κ2) is 4.11. The van der Waals surface area contributed by atoms with Crippen LogP contribution in [0.1, 0.15) is 12.8 Å². The van der Waals surface area contributed by atoms with Crippen LogP contribution >= 0.6 is 11.6 Å². The number of nitrogens with zero attached hydrogens (tertiary/aromatic N) is 3. The third-order valence-electron chi connectivity index (χ3n) is 2.39. The van der Waals surface area contributed by atoms with Crippen molar-refractivity contribution < 1.29 is 0 Å². The van der Waals surface area contributed by atoms with E-state index in [2.05, 4.69) is 14.9 Å². The van der Waals surface area contributed by atoms with Gasteiger partial charge in [0.1, 0.15) is 0 Å². The van der Waals surface area contributed by atoms with Gasteiger partial charge in [-0.2, -0.15) is 0 Å². The third kappa shape index (κ3) is 1.96. The van der Waals surface area contributed by atoms with E-state index in [1.54, 1.807) is 12.4 Å². The summed E-state index contributed by atoms with van der Waals surface area (Å²) in [6.45, 7) is 1.78. The Morgan fingerprint density at radius 1 is 1.43 bits per heavy atom. The molecule has 1 aromatic heterocycles. The number of anilines is 1. The number of hydrogen-bond donors (Lipinski definition) is 1. The van der Waals surface area contributed by atoms with Crippen molar-refractivity contribution in [2.24, 2.45) is 5.73 Å². The van der Waals surface area contributed by atoms with E-state index in [9.17, 15) is 0 Å². The fourth-order valence-electron chi connectivity index (χ4n) is 1.73. The summed E-state index contributed by atoms with van der Waals surface area (Å²) in [7, 11) is 0. The molecule has 1 aliphatic heterocycles. The number of nitrogens with two attached hydrogens (primary N) is 1. The maximum Gasteiger partial charge on any atom is 0.171 e. The lowest BCUT2D eigenvalue weighted by molar-refractivity contribution is 0.503. The predicted octanol–water partition coefficient (Wildman–Crippen LogP) is 1.06. The Bertz CT molecular complexity index is 317. The summed E-state index contributed by atoms with van der Waals surface area (Å²) in [6.07, 6.45) is 5.42. The minimum absolute atomic E-state index is 0.224. The van der Waals surface area contributed by atoms with E-state index < -0.39 is 0 Å². The molecule has 2 heterocycles. The monoisotopic (exact) mass is 212 g/mol. The van der Waals surface area contributed by atoms with Crippen molar-refractivity contribution in [3.8, 4) is 0 Å². The molecule has 0 spiro atoms. The van der Waals surface area contributed by atoms with E-state index in [1.807, 2.05) is 0 Å². The summed E-state index contributed by atoms with van der Waals surface area (Å²) >= 11 is 5.95. The highest BCUT2D eigenvalue weighted by molar-refractivity contribution is 6.31. The second-order valence-electron chi connectivity index (χ2n) is 3.52. The summed E-state index contributed by atoms with van der Waals surface area (Å²) < 4.78 is 0. The first kappa shape index (κ1) is 9.68. The molecule has 14 heavy (non-hydrogen) atoms. The molecule has 1 fully saturated rings. The number of piperidine rings is 1. The average Bonchev–Trinajstić information content (AvgIpc) is 2.18. The lowest BCUT2D eigenvalue weighted by Crippen LogP contribution is -2.43. The van der Waals surface area contributed by atoms with Gasteiger partial charge in [0.15, 0.2) is 11.0 Å². The van der Waals surface area contributed by atoms with Gasteiger partial charge in [0, 0.05) is 31.5 Å². The van der Waals surface area contributed by atoms with Gasteiger partial charge >= 0.3 is 0 Å². The van der Waals surface area contributed by atoms with Crippen LogP contribution in [0, 0.1) is 0 Å². The van der Waals surface area contributed by atoms with Crippen LogP contribution in [0.15, 0.2) is 12.4 Å². The molecule has 0 saturated carbocycles. The maximum atomic E-state index is 5.95. The Kier molecular flexibility index (Phi) is 2.84. The normalized spacial score (nSPS) is 22.4. The molecule has 2 rings (SSSR count). The smallest absolute Gasteiger partial charge is 0.171 e. The Morgan fingerprint density at radius 2 is 2.21 bits per heavy atom. The lowest BCUT2D eigenvalue weighted by Gasteiger charge is -2.31. The van der Waals surface area contributed by atoms with Gasteiger partial charge in [-0.25, -0.2) is 9.97 Å². The molecule has 1 aliphatic rings. The molecular weight excluding hydrogens is 200 g/mol. The summed E-state index contributed by atoms with van der Waals surface area (Å²) in [4.78, 5) is 10.3. The van der Waals surface area contributed by atoms with Crippen LogP contribution in [0.5, 0.6) is 0 Å². The molecule has 1 unspecified atom stereocenters. The SMILES string of the molecule is NC1CCCN(c2nccnc2Cl)C1. The maximum absolute atomic E-state index is 5.95. The van der Waals surface area contributed by atoms with Crippen molar-refractivity contribution in [1.82, 2.24) is 9.97 Å². The molecule has 0 radical (unpaired) electrons. The van der Waals surface area contributed by atoms with Gasteiger partial charge in [-0.05, 0) is 12.8 Å². The van der Waals surface area contributed by atoms with E-state index in [1.165, 1.54) is 0 Å². The third-order valence-corrected chi connectivity index (χ3v) is 2.66. The van der Waals surface area contributed by atoms with E-state index >= 15 is 0 Å². The van der Waals surface area contributed by atoms with Gasteiger partial charge in [-0.3, -0.25) is 0 Å². The molecular formula is C9H13ClN4. The minimum atomic E-state index is 0.224. The van der Waals surface area contributed by atoms with Crippen molar-refractivity contribution in [2.45, 2.75) is 18.9 Å².